The van der Waals surface area contributed by atoms with Gasteiger partial charge in [0.1, 0.15) is 0 Å². The Labute approximate surface area is 170 Å². The molecule has 0 saturated heterocycles. The molecule has 1 N–H and O–H groups in total. The zero-order chi connectivity index (χ0) is 20.0. The standard InChI is InChI=1S/C22H20ClNO3S/c23-20-9-5-6-17(15-20)12-13-24-22(25)19-8-4-7-18(14-19)16-28(26,27)21-10-2-1-3-11-21/h1-11,14-15H,12-13,16H2,(H,24,25). The van der Waals surface area contributed by atoms with Crippen molar-refractivity contribution in [2.75, 3.05) is 6.54 Å². The summed E-state index contributed by atoms with van der Waals surface area (Å²) >= 11 is 5.96. The fourth-order valence-corrected chi connectivity index (χ4v) is 4.42. The maximum absolute atomic E-state index is 12.5. The third kappa shape index (κ3) is 5.44. The molecule has 0 atom stereocenters. The summed E-state index contributed by atoms with van der Waals surface area (Å²) in [5.74, 6) is -0.387. The van der Waals surface area contributed by atoms with E-state index >= 15 is 0 Å². The molecule has 3 rings (SSSR count). The molecule has 0 aliphatic rings. The topological polar surface area (TPSA) is 63.2 Å². The van der Waals surface area contributed by atoms with E-state index in [9.17, 15) is 13.2 Å². The van der Waals surface area contributed by atoms with Gasteiger partial charge in [-0.15, -0.1) is 0 Å². The Balaban J connectivity index is 1.63. The van der Waals surface area contributed by atoms with Gasteiger partial charge < -0.3 is 5.32 Å². The molecule has 3 aromatic carbocycles. The van der Waals surface area contributed by atoms with Crippen molar-refractivity contribution in [2.24, 2.45) is 0 Å². The van der Waals surface area contributed by atoms with E-state index in [-0.39, 0.29) is 16.6 Å². The van der Waals surface area contributed by atoms with Crippen LogP contribution in [-0.4, -0.2) is 20.9 Å². The first-order valence-electron chi connectivity index (χ1n) is 8.83. The quantitative estimate of drug-likeness (QED) is 0.628. The minimum atomic E-state index is -3.46. The first-order chi connectivity index (χ1) is 13.4. The van der Waals surface area contributed by atoms with Gasteiger partial charge in [-0.05, 0) is 53.9 Å². The normalized spacial score (nSPS) is 11.2. The van der Waals surface area contributed by atoms with Gasteiger partial charge in [0.2, 0.25) is 0 Å². The van der Waals surface area contributed by atoms with E-state index in [0.29, 0.717) is 29.1 Å². The van der Waals surface area contributed by atoms with E-state index in [4.69, 9.17) is 11.6 Å². The maximum atomic E-state index is 12.5. The summed E-state index contributed by atoms with van der Waals surface area (Å²) in [6, 6.07) is 22.5. The van der Waals surface area contributed by atoms with Gasteiger partial charge in [-0.25, -0.2) is 8.42 Å². The van der Waals surface area contributed by atoms with E-state index in [2.05, 4.69) is 5.32 Å². The van der Waals surface area contributed by atoms with Gasteiger partial charge in [0.25, 0.3) is 5.91 Å². The van der Waals surface area contributed by atoms with Crippen LogP contribution in [0.15, 0.2) is 83.8 Å². The lowest BCUT2D eigenvalue weighted by atomic mass is 10.1. The Bertz CT molecular complexity index is 1070. The number of halogens is 1. The Morgan fingerprint density at radius 3 is 2.32 bits per heavy atom. The summed E-state index contributed by atoms with van der Waals surface area (Å²) in [6.07, 6.45) is 0.661. The molecule has 144 valence electrons. The van der Waals surface area contributed by atoms with Crippen LogP contribution in [0.5, 0.6) is 0 Å². The van der Waals surface area contributed by atoms with Crippen LogP contribution >= 0.6 is 11.6 Å². The second kappa shape index (κ2) is 9.04. The van der Waals surface area contributed by atoms with Crippen LogP contribution in [0, 0.1) is 0 Å². The van der Waals surface area contributed by atoms with E-state index in [1.54, 1.807) is 60.7 Å². The third-order valence-corrected chi connectivity index (χ3v) is 6.18. The molecule has 0 unspecified atom stereocenters. The van der Waals surface area contributed by atoms with Crippen molar-refractivity contribution in [3.8, 4) is 0 Å². The Morgan fingerprint density at radius 2 is 1.57 bits per heavy atom. The van der Waals surface area contributed by atoms with Crippen molar-refractivity contribution < 1.29 is 13.2 Å². The first-order valence-corrected chi connectivity index (χ1v) is 10.9. The molecule has 0 aromatic heterocycles. The number of hydrogen-bond acceptors (Lipinski definition) is 3. The largest absolute Gasteiger partial charge is 0.352 e. The van der Waals surface area contributed by atoms with Crippen LogP contribution in [0.1, 0.15) is 21.5 Å². The van der Waals surface area contributed by atoms with Gasteiger partial charge in [0.15, 0.2) is 9.84 Å². The summed E-state index contributed by atoms with van der Waals surface area (Å²) < 4.78 is 25.1. The molecule has 6 heteroatoms. The minimum absolute atomic E-state index is 0.152. The molecule has 0 radical (unpaired) electrons. The van der Waals surface area contributed by atoms with Gasteiger partial charge >= 0.3 is 0 Å². The lowest BCUT2D eigenvalue weighted by Crippen LogP contribution is -2.25. The Hall–Kier alpha value is -2.63. The third-order valence-electron chi connectivity index (χ3n) is 4.24. The number of amides is 1. The summed E-state index contributed by atoms with van der Waals surface area (Å²) in [5.41, 5.74) is 2.05. The van der Waals surface area contributed by atoms with Crippen molar-refractivity contribution in [2.45, 2.75) is 17.1 Å². The number of sulfone groups is 1. The molecule has 3 aromatic rings. The maximum Gasteiger partial charge on any atom is 0.251 e. The second-order valence-corrected chi connectivity index (χ2v) is 8.83. The van der Waals surface area contributed by atoms with Crippen LogP contribution < -0.4 is 5.32 Å². The number of hydrogen-bond donors (Lipinski definition) is 1. The molecule has 0 aliphatic carbocycles. The van der Waals surface area contributed by atoms with Crippen molar-refractivity contribution in [3.05, 3.63) is 101 Å². The van der Waals surface area contributed by atoms with Crippen LogP contribution in [0.4, 0.5) is 0 Å². The molecule has 4 nitrogen and oxygen atoms in total. The monoisotopic (exact) mass is 413 g/mol. The Morgan fingerprint density at radius 1 is 0.857 bits per heavy atom. The van der Waals surface area contributed by atoms with Crippen molar-refractivity contribution in [3.63, 3.8) is 0 Å². The number of carbonyl (C=O) groups excluding carboxylic acids is 1. The molecule has 0 spiro atoms. The van der Waals surface area contributed by atoms with E-state index in [0.717, 1.165) is 5.56 Å². The molecule has 0 fully saturated rings. The molecule has 0 heterocycles. The number of rotatable bonds is 7. The first kappa shape index (κ1) is 20.1. The molecule has 28 heavy (non-hydrogen) atoms. The van der Waals surface area contributed by atoms with Crippen LogP contribution in [0.3, 0.4) is 0 Å². The van der Waals surface area contributed by atoms with Crippen molar-refractivity contribution in [1.82, 2.24) is 5.32 Å². The lowest BCUT2D eigenvalue weighted by Gasteiger charge is -2.08. The van der Waals surface area contributed by atoms with Crippen molar-refractivity contribution in [1.29, 1.82) is 0 Å². The fourth-order valence-electron chi connectivity index (χ4n) is 2.85. The number of nitrogens with one attached hydrogen (secondary N) is 1. The minimum Gasteiger partial charge on any atom is -0.352 e. The van der Waals surface area contributed by atoms with Gasteiger partial charge in [0, 0.05) is 17.1 Å². The summed E-state index contributed by atoms with van der Waals surface area (Å²) in [7, 11) is -3.46. The second-order valence-electron chi connectivity index (χ2n) is 6.41. The van der Waals surface area contributed by atoms with E-state index < -0.39 is 9.84 Å². The SMILES string of the molecule is O=C(NCCc1cccc(Cl)c1)c1cccc(CS(=O)(=O)c2ccccc2)c1. The molecule has 1 amide bonds. The number of benzene rings is 3. The molecular formula is C22H20ClNO3S. The predicted molar refractivity (Wildman–Crippen MR) is 111 cm³/mol. The summed E-state index contributed by atoms with van der Waals surface area (Å²) in [6.45, 7) is 0.464. The average molecular weight is 414 g/mol. The molecular weight excluding hydrogens is 394 g/mol. The average Bonchev–Trinajstić information content (AvgIpc) is 2.68. The zero-order valence-corrected chi connectivity index (χ0v) is 16.7. The highest BCUT2D eigenvalue weighted by Crippen LogP contribution is 2.17. The van der Waals surface area contributed by atoms with E-state index in [1.807, 2.05) is 18.2 Å². The highest BCUT2D eigenvalue weighted by atomic mass is 35.5. The molecule has 0 saturated carbocycles. The fraction of sp³-hybridized carbons (Fsp3) is 0.136. The van der Waals surface area contributed by atoms with Crippen molar-refractivity contribution >= 4 is 27.3 Å². The number of carbonyl (C=O) groups is 1. The Kier molecular flexibility index (Phi) is 6.49. The summed E-state index contributed by atoms with van der Waals surface area (Å²) in [4.78, 5) is 12.7. The van der Waals surface area contributed by atoms with Gasteiger partial charge in [0.05, 0.1) is 10.6 Å². The van der Waals surface area contributed by atoms with Crippen LogP contribution in [-0.2, 0) is 22.0 Å². The van der Waals surface area contributed by atoms with Crippen LogP contribution in [0.25, 0.3) is 0 Å². The molecule has 0 bridgehead atoms. The lowest BCUT2D eigenvalue weighted by molar-refractivity contribution is 0.0954. The predicted octanol–water partition coefficient (Wildman–Crippen LogP) is 4.29. The summed E-state index contributed by atoms with van der Waals surface area (Å²) in [5, 5.41) is 3.52. The molecule has 0 aliphatic heterocycles. The van der Waals surface area contributed by atoms with Gasteiger partial charge in [-0.3, -0.25) is 4.79 Å². The highest BCUT2D eigenvalue weighted by Gasteiger charge is 2.16. The van der Waals surface area contributed by atoms with Crippen LogP contribution in [0.2, 0.25) is 5.02 Å². The van der Waals surface area contributed by atoms with Gasteiger partial charge in [-0.1, -0.05) is 54.1 Å². The highest BCUT2D eigenvalue weighted by molar-refractivity contribution is 7.90. The van der Waals surface area contributed by atoms with Gasteiger partial charge in [-0.2, -0.15) is 0 Å². The van der Waals surface area contributed by atoms with E-state index in [1.165, 1.54) is 0 Å². The zero-order valence-electron chi connectivity index (χ0n) is 15.1. The smallest absolute Gasteiger partial charge is 0.251 e.